The van der Waals surface area contributed by atoms with Gasteiger partial charge < -0.3 is 15.5 Å². The van der Waals surface area contributed by atoms with E-state index < -0.39 is 11.9 Å². The lowest BCUT2D eigenvalue weighted by molar-refractivity contribution is -0.137. The van der Waals surface area contributed by atoms with Crippen molar-refractivity contribution in [1.29, 1.82) is 0 Å². The third-order valence-corrected chi connectivity index (χ3v) is 3.54. The van der Waals surface area contributed by atoms with E-state index in [2.05, 4.69) is 5.32 Å². The van der Waals surface area contributed by atoms with E-state index in [-0.39, 0.29) is 23.1 Å². The maximum absolute atomic E-state index is 11.9. The van der Waals surface area contributed by atoms with Crippen LogP contribution in [0.3, 0.4) is 0 Å². The molecule has 1 amide bonds. The lowest BCUT2D eigenvalue weighted by atomic mass is 9.84. The number of hydrogen-bond acceptors (Lipinski definition) is 3. The molecule has 5 nitrogen and oxygen atoms in total. The Morgan fingerprint density at radius 3 is 2.57 bits per heavy atom. The molecule has 1 aromatic rings. The number of carbonyl (C=O) groups is 2. The molecule has 0 radical (unpaired) electrons. The van der Waals surface area contributed by atoms with Crippen molar-refractivity contribution < 1.29 is 19.8 Å². The molecule has 0 aromatic heterocycles. The number of carboxylic acids is 1. The van der Waals surface area contributed by atoms with Gasteiger partial charge in [0.2, 0.25) is 0 Å². The predicted molar refractivity (Wildman–Crippen MR) is 80.7 cm³/mol. The summed E-state index contributed by atoms with van der Waals surface area (Å²) in [7, 11) is 0. The average molecular weight is 314 g/mol. The van der Waals surface area contributed by atoms with E-state index in [0.717, 1.165) is 0 Å². The number of rotatable bonds is 7. The van der Waals surface area contributed by atoms with Gasteiger partial charge in [0.15, 0.2) is 0 Å². The zero-order valence-corrected chi connectivity index (χ0v) is 12.9. The summed E-state index contributed by atoms with van der Waals surface area (Å²) in [5.74, 6) is -1.35. The number of phenolic OH excluding ortho intramolecular Hbond substituents is 1. The van der Waals surface area contributed by atoms with Gasteiger partial charge in [-0.2, -0.15) is 0 Å². The second-order valence-corrected chi connectivity index (χ2v) is 6.16. The molecule has 0 spiro atoms. The van der Waals surface area contributed by atoms with Gasteiger partial charge in [-0.15, -0.1) is 0 Å². The molecular weight excluding hydrogens is 294 g/mol. The van der Waals surface area contributed by atoms with Gasteiger partial charge in [0.1, 0.15) is 5.75 Å². The average Bonchev–Trinajstić information content (AvgIpc) is 2.39. The molecule has 0 unspecified atom stereocenters. The molecule has 116 valence electrons. The van der Waals surface area contributed by atoms with E-state index in [1.165, 1.54) is 18.2 Å². The van der Waals surface area contributed by atoms with Gasteiger partial charge in [-0.05, 0) is 36.5 Å². The summed E-state index contributed by atoms with van der Waals surface area (Å²) < 4.78 is 0. The molecule has 0 heterocycles. The number of carboxylic acid groups (broad SMARTS) is 1. The highest BCUT2D eigenvalue weighted by molar-refractivity contribution is 6.31. The first-order valence-electron chi connectivity index (χ1n) is 6.70. The third kappa shape index (κ3) is 6.04. The van der Waals surface area contributed by atoms with Gasteiger partial charge in [0.25, 0.3) is 5.91 Å². The van der Waals surface area contributed by atoms with Crippen molar-refractivity contribution in [3.05, 3.63) is 28.8 Å². The quantitative estimate of drug-likeness (QED) is 0.722. The maximum atomic E-state index is 11.9. The normalized spacial score (nSPS) is 11.2. The highest BCUT2D eigenvalue weighted by atomic mass is 35.5. The van der Waals surface area contributed by atoms with E-state index in [0.29, 0.717) is 24.4 Å². The molecular formula is C15H20ClNO4. The van der Waals surface area contributed by atoms with Gasteiger partial charge in [0.05, 0.1) is 5.56 Å². The molecule has 0 bridgehead atoms. The summed E-state index contributed by atoms with van der Waals surface area (Å²) in [5.41, 5.74) is -0.0481. The molecule has 0 saturated carbocycles. The number of aliphatic carboxylic acids is 1. The first-order valence-corrected chi connectivity index (χ1v) is 7.07. The minimum atomic E-state index is -0.823. The monoisotopic (exact) mass is 313 g/mol. The fourth-order valence-corrected chi connectivity index (χ4v) is 2.04. The van der Waals surface area contributed by atoms with Gasteiger partial charge in [0, 0.05) is 18.0 Å². The number of phenols is 1. The number of carbonyl (C=O) groups excluding carboxylic acids is 1. The zero-order valence-electron chi connectivity index (χ0n) is 12.1. The highest BCUT2D eigenvalue weighted by Crippen LogP contribution is 2.26. The number of halogens is 1. The molecule has 0 aliphatic carbocycles. The smallest absolute Gasteiger partial charge is 0.303 e. The lowest BCUT2D eigenvalue weighted by Crippen LogP contribution is -2.28. The molecule has 3 N–H and O–H groups in total. The second-order valence-electron chi connectivity index (χ2n) is 5.73. The van der Waals surface area contributed by atoms with Crippen molar-refractivity contribution >= 4 is 23.5 Å². The Kier molecular flexibility index (Phi) is 6.03. The molecule has 0 fully saturated rings. The summed E-state index contributed by atoms with van der Waals surface area (Å²) in [6.45, 7) is 4.31. The van der Waals surface area contributed by atoms with Crippen LogP contribution in [0.15, 0.2) is 18.2 Å². The minimum Gasteiger partial charge on any atom is -0.507 e. The summed E-state index contributed by atoms with van der Waals surface area (Å²) in [4.78, 5) is 22.5. The van der Waals surface area contributed by atoms with Crippen LogP contribution in [-0.2, 0) is 4.79 Å². The number of aromatic hydroxyl groups is 1. The van der Waals surface area contributed by atoms with Crippen LogP contribution < -0.4 is 5.32 Å². The molecule has 1 rings (SSSR count). The lowest BCUT2D eigenvalue weighted by Gasteiger charge is -2.23. The van der Waals surface area contributed by atoms with E-state index in [1.807, 2.05) is 13.8 Å². The minimum absolute atomic E-state index is 0.107. The maximum Gasteiger partial charge on any atom is 0.303 e. The van der Waals surface area contributed by atoms with E-state index in [4.69, 9.17) is 16.7 Å². The molecule has 21 heavy (non-hydrogen) atoms. The van der Waals surface area contributed by atoms with Gasteiger partial charge in [-0.3, -0.25) is 9.59 Å². The Morgan fingerprint density at radius 2 is 1.95 bits per heavy atom. The Hall–Kier alpha value is -1.75. The summed E-state index contributed by atoms with van der Waals surface area (Å²) >= 11 is 5.79. The Morgan fingerprint density at radius 1 is 1.29 bits per heavy atom. The number of hydrogen-bond donors (Lipinski definition) is 3. The molecule has 0 aliphatic rings. The van der Waals surface area contributed by atoms with Crippen molar-refractivity contribution in [1.82, 2.24) is 5.32 Å². The van der Waals surface area contributed by atoms with Crippen LogP contribution in [0.25, 0.3) is 0 Å². The summed E-state index contributed by atoms with van der Waals surface area (Å²) in [6.07, 6.45) is 1.30. The van der Waals surface area contributed by atoms with Crippen molar-refractivity contribution in [3.63, 3.8) is 0 Å². The number of nitrogens with one attached hydrogen (secondary N) is 1. The number of benzene rings is 1. The van der Waals surface area contributed by atoms with Crippen molar-refractivity contribution in [3.8, 4) is 5.75 Å². The van der Waals surface area contributed by atoms with E-state index >= 15 is 0 Å². The van der Waals surface area contributed by atoms with Crippen LogP contribution in [-0.4, -0.2) is 28.6 Å². The summed E-state index contributed by atoms with van der Waals surface area (Å²) in [6, 6.07) is 4.28. The topological polar surface area (TPSA) is 86.6 Å². The Labute approximate surface area is 128 Å². The molecule has 0 aliphatic heterocycles. The standard InChI is InChI=1S/C15H20ClNO4/c1-15(2,6-5-13(19)20)7-8-17-14(21)11-9-10(16)3-4-12(11)18/h3-4,9,18H,5-8H2,1-2H3,(H,17,21)(H,19,20). The molecule has 0 atom stereocenters. The van der Waals surface area contributed by atoms with E-state index in [9.17, 15) is 14.7 Å². The third-order valence-electron chi connectivity index (χ3n) is 3.31. The first kappa shape index (κ1) is 17.3. The molecule has 1 aromatic carbocycles. The van der Waals surface area contributed by atoms with Crippen LogP contribution in [0, 0.1) is 5.41 Å². The van der Waals surface area contributed by atoms with Gasteiger partial charge in [-0.1, -0.05) is 25.4 Å². The highest BCUT2D eigenvalue weighted by Gasteiger charge is 2.20. The Balaban J connectivity index is 2.50. The van der Waals surface area contributed by atoms with Crippen LogP contribution in [0.1, 0.15) is 43.5 Å². The fraction of sp³-hybridized carbons (Fsp3) is 0.467. The summed E-state index contributed by atoms with van der Waals surface area (Å²) in [5, 5.41) is 21.4. The van der Waals surface area contributed by atoms with Crippen LogP contribution >= 0.6 is 11.6 Å². The van der Waals surface area contributed by atoms with Crippen molar-refractivity contribution in [2.75, 3.05) is 6.54 Å². The van der Waals surface area contributed by atoms with Gasteiger partial charge >= 0.3 is 5.97 Å². The Bertz CT molecular complexity index is 528. The molecule has 6 heteroatoms. The second kappa shape index (κ2) is 7.31. The van der Waals surface area contributed by atoms with E-state index in [1.54, 1.807) is 0 Å². The SMILES string of the molecule is CC(C)(CCNC(=O)c1cc(Cl)ccc1O)CCC(=O)O. The van der Waals surface area contributed by atoms with Crippen molar-refractivity contribution in [2.45, 2.75) is 33.1 Å². The van der Waals surface area contributed by atoms with Gasteiger partial charge in [-0.25, -0.2) is 0 Å². The van der Waals surface area contributed by atoms with Crippen molar-refractivity contribution in [2.24, 2.45) is 5.41 Å². The largest absolute Gasteiger partial charge is 0.507 e. The fourth-order valence-electron chi connectivity index (χ4n) is 1.87. The van der Waals surface area contributed by atoms with Crippen LogP contribution in [0.4, 0.5) is 0 Å². The zero-order chi connectivity index (χ0) is 16.0. The molecule has 0 saturated heterocycles. The predicted octanol–water partition coefficient (Wildman–Crippen LogP) is 3.06. The first-order chi connectivity index (χ1) is 9.71. The number of amides is 1. The van der Waals surface area contributed by atoms with Crippen LogP contribution in [0.5, 0.6) is 5.75 Å². The van der Waals surface area contributed by atoms with Crippen LogP contribution in [0.2, 0.25) is 5.02 Å².